The highest BCUT2D eigenvalue weighted by Crippen LogP contribution is 2.27. The molecule has 0 spiro atoms. The molecule has 0 aromatic carbocycles. The summed E-state index contributed by atoms with van der Waals surface area (Å²) in [5.41, 5.74) is 0.830. The van der Waals surface area contributed by atoms with E-state index in [0.717, 1.165) is 10.2 Å². The lowest BCUT2D eigenvalue weighted by atomic mass is 10.4. The monoisotopic (exact) mass is 220 g/mol. The van der Waals surface area contributed by atoms with E-state index in [0.29, 0.717) is 5.02 Å². The zero-order valence-corrected chi connectivity index (χ0v) is 7.70. The summed E-state index contributed by atoms with van der Waals surface area (Å²) >= 11 is 9.10. The van der Waals surface area contributed by atoms with E-state index in [1.165, 1.54) is 0 Å². The van der Waals surface area contributed by atoms with Crippen molar-refractivity contribution in [2.24, 2.45) is 0 Å². The highest BCUT2D eigenvalue weighted by molar-refractivity contribution is 9.10. The molecule has 1 N–H and O–H groups in total. The van der Waals surface area contributed by atoms with Gasteiger partial charge in [0.1, 0.15) is 0 Å². The third kappa shape index (κ3) is 1.41. The summed E-state index contributed by atoms with van der Waals surface area (Å²) in [6.07, 6.45) is 3.33. The molecule has 1 aromatic heterocycles. The van der Waals surface area contributed by atoms with E-state index in [1.807, 2.05) is 0 Å². The fourth-order valence-corrected chi connectivity index (χ4v) is 1.12. The molecule has 0 fully saturated rings. The second-order valence-electron chi connectivity index (χ2n) is 1.73. The molecule has 0 aliphatic rings. The van der Waals surface area contributed by atoms with E-state index in [9.17, 15) is 0 Å². The van der Waals surface area contributed by atoms with Gasteiger partial charge in [-0.25, -0.2) is 0 Å². The number of nitrogens with one attached hydrogen (secondary N) is 1. The maximum atomic E-state index is 5.84. The van der Waals surface area contributed by atoms with Crippen LogP contribution in [0, 0.1) is 0 Å². The van der Waals surface area contributed by atoms with Crippen LogP contribution in [0.25, 0.3) is 0 Å². The van der Waals surface area contributed by atoms with Gasteiger partial charge in [0.05, 0.1) is 21.4 Å². The molecule has 4 heteroatoms. The average Bonchev–Trinajstić information content (AvgIpc) is 1.95. The number of nitrogens with zero attached hydrogens (tertiary/aromatic N) is 1. The lowest BCUT2D eigenvalue weighted by Gasteiger charge is -2.01. The van der Waals surface area contributed by atoms with Crippen LogP contribution >= 0.6 is 27.5 Å². The molecule has 0 saturated carbocycles. The quantitative estimate of drug-likeness (QED) is 0.788. The lowest BCUT2D eigenvalue weighted by Crippen LogP contribution is -1.90. The Labute approximate surface area is 72.7 Å². The minimum absolute atomic E-state index is 0.664. The number of pyridine rings is 1. The molecule has 0 bridgehead atoms. The van der Waals surface area contributed by atoms with Crippen LogP contribution in [0.2, 0.25) is 5.02 Å². The van der Waals surface area contributed by atoms with Crippen molar-refractivity contribution in [1.82, 2.24) is 4.98 Å². The Balaban J connectivity index is 3.14. The molecule has 10 heavy (non-hydrogen) atoms. The van der Waals surface area contributed by atoms with Gasteiger partial charge in [-0.15, -0.1) is 0 Å². The van der Waals surface area contributed by atoms with Crippen LogP contribution in [0.15, 0.2) is 16.9 Å². The van der Waals surface area contributed by atoms with Gasteiger partial charge >= 0.3 is 0 Å². The Morgan fingerprint density at radius 3 is 2.80 bits per heavy atom. The van der Waals surface area contributed by atoms with Crippen molar-refractivity contribution in [2.75, 3.05) is 12.4 Å². The Kier molecular flexibility index (Phi) is 2.51. The fraction of sp³-hybridized carbons (Fsp3) is 0.167. The first-order chi connectivity index (χ1) is 4.75. The van der Waals surface area contributed by atoms with Crippen molar-refractivity contribution < 1.29 is 0 Å². The second-order valence-corrected chi connectivity index (χ2v) is 2.97. The summed E-state index contributed by atoms with van der Waals surface area (Å²) in [4.78, 5) is 3.92. The van der Waals surface area contributed by atoms with Gasteiger partial charge in [0.2, 0.25) is 0 Å². The van der Waals surface area contributed by atoms with Gasteiger partial charge in [0.25, 0.3) is 0 Å². The predicted molar refractivity (Wildman–Crippen MR) is 46.5 cm³/mol. The van der Waals surface area contributed by atoms with Gasteiger partial charge in [-0.05, 0) is 15.9 Å². The van der Waals surface area contributed by atoms with Gasteiger partial charge in [0, 0.05) is 13.2 Å². The van der Waals surface area contributed by atoms with Crippen molar-refractivity contribution in [3.63, 3.8) is 0 Å². The minimum Gasteiger partial charge on any atom is -0.386 e. The van der Waals surface area contributed by atoms with E-state index in [1.54, 1.807) is 19.4 Å². The molecule has 0 saturated heterocycles. The van der Waals surface area contributed by atoms with Crippen LogP contribution in [0.3, 0.4) is 0 Å². The summed E-state index contributed by atoms with van der Waals surface area (Å²) in [7, 11) is 1.80. The predicted octanol–water partition coefficient (Wildman–Crippen LogP) is 2.54. The molecule has 0 amide bonds. The normalized spacial score (nSPS) is 9.50. The van der Waals surface area contributed by atoms with Crippen LogP contribution in [0.1, 0.15) is 0 Å². The third-order valence-corrected chi connectivity index (χ3v) is 2.34. The number of hydrogen-bond donors (Lipinski definition) is 1. The summed E-state index contributed by atoms with van der Waals surface area (Å²) in [5.74, 6) is 0. The first-order valence-electron chi connectivity index (χ1n) is 2.72. The van der Waals surface area contributed by atoms with E-state index in [4.69, 9.17) is 11.6 Å². The molecule has 1 heterocycles. The fourth-order valence-electron chi connectivity index (χ4n) is 0.594. The number of rotatable bonds is 1. The minimum atomic E-state index is 0.664. The van der Waals surface area contributed by atoms with E-state index in [-0.39, 0.29) is 0 Å². The number of aromatic nitrogens is 1. The average molecular weight is 221 g/mol. The zero-order chi connectivity index (χ0) is 7.56. The van der Waals surface area contributed by atoms with Crippen LogP contribution in [0.4, 0.5) is 5.69 Å². The van der Waals surface area contributed by atoms with Crippen LogP contribution < -0.4 is 5.32 Å². The first-order valence-corrected chi connectivity index (χ1v) is 3.89. The van der Waals surface area contributed by atoms with Crippen molar-refractivity contribution in [1.29, 1.82) is 0 Å². The molecular formula is C6H6BrClN2. The number of halogens is 2. The summed E-state index contributed by atoms with van der Waals surface area (Å²) in [6.45, 7) is 0. The van der Waals surface area contributed by atoms with Crippen molar-refractivity contribution >= 4 is 33.2 Å². The first kappa shape index (κ1) is 7.82. The smallest absolute Gasteiger partial charge is 0.0810 e. The Morgan fingerprint density at radius 2 is 2.30 bits per heavy atom. The third-order valence-electron chi connectivity index (χ3n) is 1.11. The van der Waals surface area contributed by atoms with Gasteiger partial charge in [-0.1, -0.05) is 11.6 Å². The molecular weight excluding hydrogens is 215 g/mol. The van der Waals surface area contributed by atoms with Crippen molar-refractivity contribution in [3.05, 3.63) is 21.9 Å². The standard InChI is InChI=1S/C6H6BrClN2/c1-9-5-3-10-2-4(7)6(5)8/h2-3,9H,1H3. The van der Waals surface area contributed by atoms with E-state index >= 15 is 0 Å². The lowest BCUT2D eigenvalue weighted by molar-refractivity contribution is 1.29. The molecule has 0 unspecified atom stereocenters. The van der Waals surface area contributed by atoms with Gasteiger partial charge in [0.15, 0.2) is 0 Å². The van der Waals surface area contributed by atoms with Crippen molar-refractivity contribution in [3.8, 4) is 0 Å². The Bertz CT molecular complexity index is 239. The van der Waals surface area contributed by atoms with Gasteiger partial charge in [-0.2, -0.15) is 0 Å². The van der Waals surface area contributed by atoms with Crippen LogP contribution in [-0.2, 0) is 0 Å². The molecule has 0 aliphatic carbocycles. The largest absolute Gasteiger partial charge is 0.386 e. The highest BCUT2D eigenvalue weighted by Gasteiger charge is 2.00. The van der Waals surface area contributed by atoms with Crippen LogP contribution in [0.5, 0.6) is 0 Å². The topological polar surface area (TPSA) is 24.9 Å². The second kappa shape index (κ2) is 3.21. The Morgan fingerprint density at radius 1 is 1.60 bits per heavy atom. The van der Waals surface area contributed by atoms with Gasteiger partial charge < -0.3 is 5.32 Å². The Hall–Kier alpha value is -0.280. The maximum absolute atomic E-state index is 5.84. The van der Waals surface area contributed by atoms with E-state index in [2.05, 4.69) is 26.2 Å². The zero-order valence-electron chi connectivity index (χ0n) is 5.36. The molecule has 54 valence electrons. The highest BCUT2D eigenvalue weighted by atomic mass is 79.9. The van der Waals surface area contributed by atoms with Crippen molar-refractivity contribution in [2.45, 2.75) is 0 Å². The summed E-state index contributed by atoms with van der Waals surface area (Å²) < 4.78 is 0.806. The molecule has 1 aromatic rings. The van der Waals surface area contributed by atoms with E-state index < -0.39 is 0 Å². The summed E-state index contributed by atoms with van der Waals surface area (Å²) in [6, 6.07) is 0. The van der Waals surface area contributed by atoms with Crippen LogP contribution in [-0.4, -0.2) is 12.0 Å². The van der Waals surface area contributed by atoms with Gasteiger partial charge in [-0.3, -0.25) is 4.98 Å². The molecule has 1 rings (SSSR count). The maximum Gasteiger partial charge on any atom is 0.0810 e. The molecule has 0 aliphatic heterocycles. The molecule has 0 atom stereocenters. The SMILES string of the molecule is CNc1cncc(Br)c1Cl. The molecule has 0 radical (unpaired) electrons. The summed E-state index contributed by atoms with van der Waals surface area (Å²) in [5, 5.41) is 3.58. The number of anilines is 1. The number of hydrogen-bond acceptors (Lipinski definition) is 2. The molecule has 2 nitrogen and oxygen atoms in total.